The van der Waals surface area contributed by atoms with Gasteiger partial charge in [-0.05, 0) is 36.3 Å². The van der Waals surface area contributed by atoms with Crippen LogP contribution in [-0.4, -0.2) is 51.2 Å². The molecule has 6 heteroatoms. The minimum Gasteiger partial charge on any atom is -0.493 e. The van der Waals surface area contributed by atoms with E-state index in [9.17, 15) is 4.79 Å². The van der Waals surface area contributed by atoms with Crippen LogP contribution in [0.1, 0.15) is 25.0 Å². The molecule has 0 bridgehead atoms. The molecule has 2 rings (SSSR count). The van der Waals surface area contributed by atoms with Crippen LogP contribution in [0.3, 0.4) is 0 Å². The van der Waals surface area contributed by atoms with Crippen molar-refractivity contribution in [2.45, 2.75) is 20.4 Å². The van der Waals surface area contributed by atoms with Crippen molar-refractivity contribution in [2.75, 3.05) is 40.4 Å². The van der Waals surface area contributed by atoms with E-state index in [1.54, 1.807) is 20.4 Å². The largest absolute Gasteiger partial charge is 0.493 e. The molecular formula is C18H27N3O3. The monoisotopic (exact) mass is 333 g/mol. The lowest BCUT2D eigenvalue weighted by Crippen LogP contribution is -2.32. The molecule has 1 aromatic rings. The lowest BCUT2D eigenvalue weighted by Gasteiger charge is -2.22. The van der Waals surface area contributed by atoms with Gasteiger partial charge in [0, 0.05) is 25.8 Å². The summed E-state index contributed by atoms with van der Waals surface area (Å²) in [5.41, 5.74) is 2.52. The number of carbonyl (C=O) groups excluding carboxylic acids is 1. The molecule has 0 aromatic heterocycles. The molecular weight excluding hydrogens is 306 g/mol. The summed E-state index contributed by atoms with van der Waals surface area (Å²) in [6.45, 7) is 8.56. The first-order valence-electron chi connectivity index (χ1n) is 8.33. The van der Waals surface area contributed by atoms with Crippen molar-refractivity contribution in [1.29, 1.82) is 0 Å². The van der Waals surface area contributed by atoms with E-state index < -0.39 is 0 Å². The summed E-state index contributed by atoms with van der Waals surface area (Å²) in [6, 6.07) is 3.78. The number of rotatable bonds is 8. The van der Waals surface area contributed by atoms with E-state index in [4.69, 9.17) is 9.47 Å². The zero-order valence-electron chi connectivity index (χ0n) is 14.9. The van der Waals surface area contributed by atoms with Gasteiger partial charge in [-0.1, -0.05) is 13.8 Å². The van der Waals surface area contributed by atoms with E-state index in [0.29, 0.717) is 23.6 Å². The van der Waals surface area contributed by atoms with Crippen molar-refractivity contribution in [3.8, 4) is 11.5 Å². The van der Waals surface area contributed by atoms with Crippen LogP contribution in [0, 0.1) is 0 Å². The Bertz CT molecular complexity index is 610. The van der Waals surface area contributed by atoms with Gasteiger partial charge in [-0.2, -0.15) is 0 Å². The summed E-state index contributed by atoms with van der Waals surface area (Å²) >= 11 is 0. The number of nitrogens with one attached hydrogen (secondary N) is 2. The van der Waals surface area contributed by atoms with Crippen molar-refractivity contribution in [1.82, 2.24) is 15.5 Å². The van der Waals surface area contributed by atoms with Crippen LogP contribution in [0.4, 0.5) is 0 Å². The van der Waals surface area contributed by atoms with Crippen LogP contribution in [-0.2, 0) is 11.3 Å². The van der Waals surface area contributed by atoms with Crippen LogP contribution in [0.2, 0.25) is 0 Å². The van der Waals surface area contributed by atoms with E-state index in [1.807, 2.05) is 12.1 Å². The van der Waals surface area contributed by atoms with Crippen LogP contribution in [0.5, 0.6) is 11.5 Å². The second-order valence-electron chi connectivity index (χ2n) is 5.59. The lowest BCUT2D eigenvalue weighted by molar-refractivity contribution is -0.116. The van der Waals surface area contributed by atoms with Gasteiger partial charge in [0.05, 0.1) is 19.8 Å². The molecule has 0 fully saturated rings. The van der Waals surface area contributed by atoms with Crippen molar-refractivity contribution in [2.24, 2.45) is 0 Å². The standard InChI is InChI=1S/C18H27N3O3/c1-5-21(6-2)8-7-19-12-15-14-10-17(24-4)16(23-3)9-13(14)11-20-18(15)22/h9-10,12,19H,5-8,11H2,1-4H3,(H,20,22)/b15-12+. The smallest absolute Gasteiger partial charge is 0.253 e. The van der Waals surface area contributed by atoms with Crippen LogP contribution in [0.25, 0.3) is 5.57 Å². The lowest BCUT2D eigenvalue weighted by atomic mass is 9.95. The molecule has 0 unspecified atom stereocenters. The Morgan fingerprint density at radius 3 is 2.50 bits per heavy atom. The predicted molar refractivity (Wildman–Crippen MR) is 95.2 cm³/mol. The summed E-state index contributed by atoms with van der Waals surface area (Å²) in [5, 5.41) is 6.15. The molecule has 132 valence electrons. The summed E-state index contributed by atoms with van der Waals surface area (Å²) in [4.78, 5) is 14.6. The quantitative estimate of drug-likeness (QED) is 0.559. The number of likely N-dealkylation sites (N-methyl/N-ethyl adjacent to an activating group) is 1. The van der Waals surface area contributed by atoms with Gasteiger partial charge >= 0.3 is 0 Å². The average molecular weight is 333 g/mol. The van der Waals surface area contributed by atoms with Crippen molar-refractivity contribution in [3.63, 3.8) is 0 Å². The van der Waals surface area contributed by atoms with Gasteiger partial charge in [0.15, 0.2) is 11.5 Å². The number of methoxy groups -OCH3 is 2. The molecule has 1 aliphatic rings. The third-order valence-electron chi connectivity index (χ3n) is 4.30. The maximum Gasteiger partial charge on any atom is 0.253 e. The van der Waals surface area contributed by atoms with Gasteiger partial charge in [0.25, 0.3) is 5.91 Å². The van der Waals surface area contributed by atoms with Gasteiger partial charge in [0.1, 0.15) is 0 Å². The molecule has 0 atom stereocenters. The number of hydrogen-bond donors (Lipinski definition) is 2. The fraction of sp³-hybridized carbons (Fsp3) is 0.500. The number of carbonyl (C=O) groups is 1. The number of amides is 1. The molecule has 1 heterocycles. The first-order valence-corrected chi connectivity index (χ1v) is 8.33. The van der Waals surface area contributed by atoms with Crippen LogP contribution >= 0.6 is 0 Å². The normalized spacial score (nSPS) is 15.2. The number of nitrogens with zero attached hydrogens (tertiary/aromatic N) is 1. The Morgan fingerprint density at radius 1 is 1.21 bits per heavy atom. The van der Waals surface area contributed by atoms with E-state index >= 15 is 0 Å². The third kappa shape index (κ3) is 4.00. The minimum absolute atomic E-state index is 0.0786. The summed E-state index contributed by atoms with van der Waals surface area (Å²) < 4.78 is 10.7. The predicted octanol–water partition coefficient (Wildman–Crippen LogP) is 1.61. The Morgan fingerprint density at radius 2 is 1.88 bits per heavy atom. The summed E-state index contributed by atoms with van der Waals surface area (Å²) in [5.74, 6) is 1.21. The van der Waals surface area contributed by atoms with Crippen LogP contribution < -0.4 is 20.1 Å². The van der Waals surface area contributed by atoms with Crippen LogP contribution in [0.15, 0.2) is 18.3 Å². The van der Waals surface area contributed by atoms with Gasteiger partial charge < -0.3 is 25.0 Å². The highest BCUT2D eigenvalue weighted by atomic mass is 16.5. The van der Waals surface area contributed by atoms with Gasteiger partial charge in [-0.25, -0.2) is 0 Å². The van der Waals surface area contributed by atoms with Gasteiger partial charge in [-0.15, -0.1) is 0 Å². The first-order chi connectivity index (χ1) is 11.6. The van der Waals surface area contributed by atoms with Crippen molar-refractivity contribution in [3.05, 3.63) is 29.5 Å². The fourth-order valence-corrected chi connectivity index (χ4v) is 2.79. The summed E-state index contributed by atoms with van der Waals surface area (Å²) in [7, 11) is 3.20. The zero-order chi connectivity index (χ0) is 17.5. The van der Waals surface area contributed by atoms with Crippen molar-refractivity contribution >= 4 is 11.5 Å². The topological polar surface area (TPSA) is 62.8 Å². The molecule has 0 aliphatic carbocycles. The molecule has 6 nitrogen and oxygen atoms in total. The molecule has 2 N–H and O–H groups in total. The van der Waals surface area contributed by atoms with Crippen molar-refractivity contribution < 1.29 is 14.3 Å². The number of ether oxygens (including phenoxy) is 2. The Hall–Kier alpha value is -2.21. The SMILES string of the molecule is CCN(CC)CCN/C=C1/C(=O)NCc2cc(OC)c(OC)cc21. The molecule has 24 heavy (non-hydrogen) atoms. The Labute approximate surface area is 143 Å². The van der Waals surface area contributed by atoms with E-state index in [2.05, 4.69) is 29.4 Å². The van der Waals surface area contributed by atoms with E-state index in [-0.39, 0.29) is 5.91 Å². The molecule has 0 spiro atoms. The van der Waals surface area contributed by atoms with Gasteiger partial charge in [0.2, 0.25) is 0 Å². The molecule has 1 aliphatic heterocycles. The highest BCUT2D eigenvalue weighted by Crippen LogP contribution is 2.35. The maximum atomic E-state index is 12.2. The third-order valence-corrected chi connectivity index (χ3v) is 4.30. The number of hydrogen-bond acceptors (Lipinski definition) is 5. The number of fused-ring (bicyclic) bond motifs is 1. The minimum atomic E-state index is -0.0786. The molecule has 0 saturated heterocycles. The fourth-order valence-electron chi connectivity index (χ4n) is 2.79. The average Bonchev–Trinajstić information content (AvgIpc) is 2.62. The Kier molecular flexibility index (Phi) is 6.49. The first kappa shape index (κ1) is 18.1. The molecule has 0 saturated carbocycles. The second kappa shape index (κ2) is 8.59. The Balaban J connectivity index is 2.19. The summed E-state index contributed by atoms with van der Waals surface area (Å²) in [6.07, 6.45) is 1.79. The molecule has 1 aromatic carbocycles. The second-order valence-corrected chi connectivity index (χ2v) is 5.59. The number of benzene rings is 1. The highest BCUT2D eigenvalue weighted by molar-refractivity contribution is 6.21. The molecule has 0 radical (unpaired) electrons. The van der Waals surface area contributed by atoms with E-state index in [0.717, 1.165) is 37.3 Å². The zero-order valence-corrected chi connectivity index (χ0v) is 14.9. The highest BCUT2D eigenvalue weighted by Gasteiger charge is 2.23. The van der Waals surface area contributed by atoms with Gasteiger partial charge in [-0.3, -0.25) is 4.79 Å². The molecule has 1 amide bonds. The maximum absolute atomic E-state index is 12.2. The van der Waals surface area contributed by atoms with E-state index in [1.165, 1.54) is 0 Å².